The number of halogens is 1. The Morgan fingerprint density at radius 1 is 1.21 bits per heavy atom. The quantitative estimate of drug-likeness (QED) is 0.888. The van der Waals surface area contributed by atoms with Crippen LogP contribution in [0.1, 0.15) is 12.0 Å². The molecule has 0 aliphatic heterocycles. The molecule has 0 spiro atoms. The highest BCUT2D eigenvalue weighted by Gasteiger charge is 2.06. The molecule has 19 heavy (non-hydrogen) atoms. The fourth-order valence-corrected chi connectivity index (χ4v) is 2.00. The summed E-state index contributed by atoms with van der Waals surface area (Å²) in [5.41, 5.74) is 1.04. The van der Waals surface area contributed by atoms with Crippen molar-refractivity contribution in [3.63, 3.8) is 0 Å². The molecule has 2 aromatic rings. The third-order valence-electron chi connectivity index (χ3n) is 2.73. The maximum Gasteiger partial charge on any atom is 0.119 e. The van der Waals surface area contributed by atoms with Gasteiger partial charge in [-0.2, -0.15) is 0 Å². The topological polar surface area (TPSA) is 42.4 Å². The summed E-state index contributed by atoms with van der Waals surface area (Å²) in [6.07, 6.45) is 4.31. The first kappa shape index (κ1) is 14.0. The standard InChI is InChI=1S/C15H16BrNO2/c16-13-3-5-15(6-4-13)19-9-7-14(18)10-12-2-1-8-17-11-12/h1-6,8,11,14,18H,7,9-10H2. The van der Waals surface area contributed by atoms with Crippen LogP contribution in [0.3, 0.4) is 0 Å². The number of rotatable bonds is 6. The zero-order valence-corrected chi connectivity index (χ0v) is 12.1. The molecule has 1 aromatic carbocycles. The highest BCUT2D eigenvalue weighted by Crippen LogP contribution is 2.16. The van der Waals surface area contributed by atoms with E-state index in [0.29, 0.717) is 19.4 Å². The van der Waals surface area contributed by atoms with Gasteiger partial charge in [-0.1, -0.05) is 22.0 Å². The molecule has 1 atom stereocenters. The van der Waals surface area contributed by atoms with Crippen LogP contribution in [0, 0.1) is 0 Å². The maximum absolute atomic E-state index is 9.91. The molecule has 0 bridgehead atoms. The summed E-state index contributed by atoms with van der Waals surface area (Å²) < 4.78 is 6.60. The molecule has 0 saturated heterocycles. The van der Waals surface area contributed by atoms with E-state index in [0.717, 1.165) is 15.8 Å². The van der Waals surface area contributed by atoms with Gasteiger partial charge in [-0.15, -0.1) is 0 Å². The SMILES string of the molecule is OC(CCOc1ccc(Br)cc1)Cc1cccnc1. The Morgan fingerprint density at radius 3 is 2.68 bits per heavy atom. The Kier molecular flexibility index (Phi) is 5.36. The number of pyridine rings is 1. The van der Waals surface area contributed by atoms with Crippen LogP contribution in [0.2, 0.25) is 0 Å². The first-order chi connectivity index (χ1) is 9.24. The summed E-state index contributed by atoms with van der Waals surface area (Å²) in [4.78, 5) is 4.03. The van der Waals surface area contributed by atoms with Gasteiger partial charge in [0.25, 0.3) is 0 Å². The second kappa shape index (κ2) is 7.26. The lowest BCUT2D eigenvalue weighted by atomic mass is 10.1. The van der Waals surface area contributed by atoms with Gasteiger partial charge >= 0.3 is 0 Å². The van der Waals surface area contributed by atoms with E-state index in [2.05, 4.69) is 20.9 Å². The molecule has 0 saturated carbocycles. The van der Waals surface area contributed by atoms with Crippen molar-refractivity contribution in [2.45, 2.75) is 18.9 Å². The van der Waals surface area contributed by atoms with E-state index in [9.17, 15) is 5.11 Å². The van der Waals surface area contributed by atoms with Crippen molar-refractivity contribution < 1.29 is 9.84 Å². The minimum absolute atomic E-state index is 0.403. The highest BCUT2D eigenvalue weighted by atomic mass is 79.9. The van der Waals surface area contributed by atoms with Crippen molar-refractivity contribution in [1.29, 1.82) is 0 Å². The van der Waals surface area contributed by atoms with Crippen LogP contribution in [0.15, 0.2) is 53.3 Å². The molecule has 2 rings (SSSR count). The van der Waals surface area contributed by atoms with Crippen molar-refractivity contribution in [2.75, 3.05) is 6.61 Å². The van der Waals surface area contributed by atoms with Gasteiger partial charge in [0.2, 0.25) is 0 Å². The highest BCUT2D eigenvalue weighted by molar-refractivity contribution is 9.10. The van der Waals surface area contributed by atoms with Crippen LogP contribution in [-0.2, 0) is 6.42 Å². The normalized spacial score (nSPS) is 12.1. The number of benzene rings is 1. The van der Waals surface area contributed by atoms with E-state index in [1.807, 2.05) is 36.4 Å². The molecule has 0 fully saturated rings. The molecule has 1 unspecified atom stereocenters. The molecule has 1 N–H and O–H groups in total. The van der Waals surface area contributed by atoms with E-state index >= 15 is 0 Å². The lowest BCUT2D eigenvalue weighted by molar-refractivity contribution is 0.139. The van der Waals surface area contributed by atoms with Gasteiger partial charge in [0.05, 0.1) is 12.7 Å². The lowest BCUT2D eigenvalue weighted by Gasteiger charge is -2.11. The molecular weight excluding hydrogens is 306 g/mol. The predicted octanol–water partition coefficient (Wildman–Crippen LogP) is 3.22. The van der Waals surface area contributed by atoms with Gasteiger partial charge in [0, 0.05) is 23.3 Å². The van der Waals surface area contributed by atoms with Crippen LogP contribution in [0.4, 0.5) is 0 Å². The van der Waals surface area contributed by atoms with Crippen LogP contribution >= 0.6 is 15.9 Å². The molecule has 0 amide bonds. The first-order valence-corrected chi connectivity index (χ1v) is 6.98. The third-order valence-corrected chi connectivity index (χ3v) is 3.26. The molecule has 3 nitrogen and oxygen atoms in total. The summed E-state index contributed by atoms with van der Waals surface area (Å²) in [7, 11) is 0. The van der Waals surface area contributed by atoms with Crippen LogP contribution in [0.25, 0.3) is 0 Å². The van der Waals surface area contributed by atoms with E-state index in [-0.39, 0.29) is 0 Å². The number of nitrogens with zero attached hydrogens (tertiary/aromatic N) is 1. The number of aliphatic hydroxyl groups excluding tert-OH is 1. The van der Waals surface area contributed by atoms with Gasteiger partial charge in [0.1, 0.15) is 5.75 Å². The average Bonchev–Trinajstić information content (AvgIpc) is 2.42. The Labute approximate surface area is 121 Å². The van der Waals surface area contributed by atoms with E-state index in [4.69, 9.17) is 4.74 Å². The third kappa shape index (κ3) is 5.01. The molecule has 0 aliphatic rings. The summed E-state index contributed by atoms with van der Waals surface area (Å²) in [5.74, 6) is 0.816. The largest absolute Gasteiger partial charge is 0.493 e. The predicted molar refractivity (Wildman–Crippen MR) is 78.2 cm³/mol. The number of ether oxygens (including phenoxy) is 1. The molecule has 4 heteroatoms. The van der Waals surface area contributed by atoms with Crippen LogP contribution in [0.5, 0.6) is 5.75 Å². The van der Waals surface area contributed by atoms with Gasteiger partial charge in [-0.25, -0.2) is 0 Å². The smallest absolute Gasteiger partial charge is 0.119 e. The average molecular weight is 322 g/mol. The molecule has 1 heterocycles. The molecule has 0 aliphatic carbocycles. The maximum atomic E-state index is 9.91. The number of aromatic nitrogens is 1. The number of aliphatic hydroxyl groups is 1. The fraction of sp³-hybridized carbons (Fsp3) is 0.267. The minimum atomic E-state index is -0.403. The van der Waals surface area contributed by atoms with Crippen LogP contribution in [-0.4, -0.2) is 22.8 Å². The Bertz CT molecular complexity index is 487. The number of hydrogen-bond acceptors (Lipinski definition) is 3. The van der Waals surface area contributed by atoms with E-state index in [1.54, 1.807) is 12.4 Å². The summed E-state index contributed by atoms with van der Waals surface area (Å²) >= 11 is 3.37. The molecular formula is C15H16BrNO2. The zero-order chi connectivity index (χ0) is 13.5. The van der Waals surface area contributed by atoms with Crippen molar-refractivity contribution in [3.05, 3.63) is 58.8 Å². The van der Waals surface area contributed by atoms with E-state index < -0.39 is 6.10 Å². The first-order valence-electron chi connectivity index (χ1n) is 6.19. The summed E-state index contributed by atoms with van der Waals surface area (Å²) in [5, 5.41) is 9.91. The fourth-order valence-electron chi connectivity index (χ4n) is 1.74. The minimum Gasteiger partial charge on any atom is -0.493 e. The van der Waals surface area contributed by atoms with Crippen LogP contribution < -0.4 is 4.74 Å². The molecule has 1 aromatic heterocycles. The Balaban J connectivity index is 1.72. The van der Waals surface area contributed by atoms with Crippen molar-refractivity contribution in [2.24, 2.45) is 0 Å². The molecule has 0 radical (unpaired) electrons. The zero-order valence-electron chi connectivity index (χ0n) is 10.5. The van der Waals surface area contributed by atoms with Crippen molar-refractivity contribution >= 4 is 15.9 Å². The second-order valence-electron chi connectivity index (χ2n) is 4.31. The monoisotopic (exact) mass is 321 g/mol. The van der Waals surface area contributed by atoms with Gasteiger partial charge in [-0.3, -0.25) is 4.98 Å². The molecule has 100 valence electrons. The summed E-state index contributed by atoms with van der Waals surface area (Å²) in [6.45, 7) is 0.503. The Hall–Kier alpha value is -1.39. The second-order valence-corrected chi connectivity index (χ2v) is 5.23. The van der Waals surface area contributed by atoms with Gasteiger partial charge in [-0.05, 0) is 42.3 Å². The van der Waals surface area contributed by atoms with Gasteiger partial charge in [0.15, 0.2) is 0 Å². The van der Waals surface area contributed by atoms with Crippen molar-refractivity contribution in [3.8, 4) is 5.75 Å². The number of hydrogen-bond donors (Lipinski definition) is 1. The summed E-state index contributed by atoms with van der Waals surface area (Å²) in [6, 6.07) is 11.5. The van der Waals surface area contributed by atoms with Gasteiger partial charge < -0.3 is 9.84 Å². The van der Waals surface area contributed by atoms with Crippen molar-refractivity contribution in [1.82, 2.24) is 4.98 Å². The lowest BCUT2D eigenvalue weighted by Crippen LogP contribution is -2.14. The Morgan fingerprint density at radius 2 is 2.00 bits per heavy atom. The van der Waals surface area contributed by atoms with E-state index in [1.165, 1.54) is 0 Å².